The van der Waals surface area contributed by atoms with Crippen LogP contribution in [0.4, 0.5) is 0 Å². The van der Waals surface area contributed by atoms with Crippen LogP contribution in [0.15, 0.2) is 0 Å². The number of rotatable bonds is 17. The zero-order valence-electron chi connectivity index (χ0n) is 24.9. The smallest absolute Gasteiger partial charge is 0.302 e. The number of aliphatic hydroxyl groups is 6. The van der Waals surface area contributed by atoms with Gasteiger partial charge in [0.2, 0.25) is 0 Å². The number of esters is 2. The van der Waals surface area contributed by atoms with E-state index in [1.165, 1.54) is 6.92 Å². The van der Waals surface area contributed by atoms with Crippen LogP contribution in [0.1, 0.15) is 79.1 Å². The van der Waals surface area contributed by atoms with Crippen LogP contribution in [0.25, 0.3) is 0 Å². The number of ether oxygens (including phenoxy) is 6. The van der Waals surface area contributed by atoms with Crippen LogP contribution >= 0.6 is 0 Å². The summed E-state index contributed by atoms with van der Waals surface area (Å²) < 4.78 is 33.1. The predicted octanol–water partition coefficient (Wildman–Crippen LogP) is -0.341. The molecular weight excluding hydrogens is 560 g/mol. The summed E-state index contributed by atoms with van der Waals surface area (Å²) in [5, 5.41) is 62.2. The molecule has 0 aromatic heterocycles. The highest BCUT2D eigenvalue weighted by Gasteiger charge is 2.51. The van der Waals surface area contributed by atoms with Gasteiger partial charge in [0.05, 0.1) is 12.2 Å². The Morgan fingerprint density at radius 1 is 0.667 bits per heavy atom. The Morgan fingerprint density at radius 3 is 1.67 bits per heavy atom. The van der Waals surface area contributed by atoms with Crippen molar-refractivity contribution in [3.8, 4) is 0 Å². The first-order valence-electron chi connectivity index (χ1n) is 14.8. The van der Waals surface area contributed by atoms with E-state index in [2.05, 4.69) is 0 Å². The normalized spacial score (nSPS) is 34.9. The topological polar surface area (TPSA) is 211 Å². The van der Waals surface area contributed by atoms with Gasteiger partial charge in [-0.2, -0.15) is 0 Å². The highest BCUT2D eigenvalue weighted by Crippen LogP contribution is 2.31. The van der Waals surface area contributed by atoms with Crippen LogP contribution in [0, 0.1) is 0 Å². The van der Waals surface area contributed by atoms with Gasteiger partial charge in [0.15, 0.2) is 12.6 Å². The Kier molecular flexibility index (Phi) is 16.1. The van der Waals surface area contributed by atoms with E-state index in [1.54, 1.807) is 6.92 Å². The molecular formula is C28H50O14. The van der Waals surface area contributed by atoms with Gasteiger partial charge in [-0.25, -0.2) is 0 Å². The van der Waals surface area contributed by atoms with Gasteiger partial charge in [-0.3, -0.25) is 9.59 Å². The van der Waals surface area contributed by atoms with Crippen molar-refractivity contribution in [2.45, 2.75) is 153 Å². The summed E-state index contributed by atoms with van der Waals surface area (Å²) in [6.07, 6.45) is -8.36. The molecule has 246 valence electrons. The number of carbonyl (C=O) groups excluding carboxylic acids is 2. The SMILES string of the molecule is CC(=O)OC[C@H]1O[C@@H](O[C@H]2[C@H](O[C@@H](C)CCCCCCCCC(C)O)O[C@H](COC(C)=O)[C@@H](O)[C@@H]2O)[C@H](O)[C@@H](O)[C@@H]1O. The zero-order valence-corrected chi connectivity index (χ0v) is 24.9. The van der Waals surface area contributed by atoms with Gasteiger partial charge >= 0.3 is 11.9 Å². The highest BCUT2D eigenvalue weighted by molar-refractivity contribution is 5.66. The Labute approximate surface area is 246 Å². The molecule has 0 radical (unpaired) electrons. The molecule has 0 amide bonds. The van der Waals surface area contributed by atoms with Gasteiger partial charge < -0.3 is 59.1 Å². The summed E-state index contributed by atoms with van der Waals surface area (Å²) in [5.41, 5.74) is 0. The molecule has 12 atom stereocenters. The highest BCUT2D eigenvalue weighted by atomic mass is 16.8. The van der Waals surface area contributed by atoms with Crippen molar-refractivity contribution in [2.75, 3.05) is 13.2 Å². The largest absolute Gasteiger partial charge is 0.463 e. The minimum Gasteiger partial charge on any atom is -0.463 e. The van der Waals surface area contributed by atoms with Crippen molar-refractivity contribution < 1.29 is 68.6 Å². The maximum atomic E-state index is 11.3. The van der Waals surface area contributed by atoms with Crippen molar-refractivity contribution >= 4 is 11.9 Å². The van der Waals surface area contributed by atoms with Crippen molar-refractivity contribution in [1.82, 2.24) is 0 Å². The molecule has 2 heterocycles. The van der Waals surface area contributed by atoms with E-state index in [0.29, 0.717) is 6.42 Å². The van der Waals surface area contributed by atoms with Crippen molar-refractivity contribution in [3.63, 3.8) is 0 Å². The van der Waals surface area contributed by atoms with Gasteiger partial charge in [0.1, 0.15) is 62.0 Å². The van der Waals surface area contributed by atoms with Crippen molar-refractivity contribution in [3.05, 3.63) is 0 Å². The fraction of sp³-hybridized carbons (Fsp3) is 0.929. The molecule has 42 heavy (non-hydrogen) atoms. The standard InChI is InChI=1S/C28H50O14/c1-15(29)11-9-7-5-6-8-10-12-16(2)39-28-26(24(35)22(33)20(41-28)14-38-18(4)31)42-27-25(36)23(34)21(32)19(40-27)13-37-17(3)30/h15-16,19-29,32-36H,5-14H2,1-4H3/t15?,16-,19+,20+,21+,22+,23-,24-,25+,26+,27-,28+/m0/s1. The van der Waals surface area contributed by atoms with Gasteiger partial charge in [0.25, 0.3) is 0 Å². The monoisotopic (exact) mass is 610 g/mol. The maximum absolute atomic E-state index is 11.3. The summed E-state index contributed by atoms with van der Waals surface area (Å²) in [4.78, 5) is 22.6. The molecule has 2 saturated heterocycles. The van der Waals surface area contributed by atoms with Crippen LogP contribution in [-0.2, 0) is 38.0 Å². The molecule has 2 fully saturated rings. The first kappa shape index (κ1) is 36.7. The predicted molar refractivity (Wildman–Crippen MR) is 145 cm³/mol. The van der Waals surface area contributed by atoms with Crippen molar-refractivity contribution in [2.24, 2.45) is 0 Å². The Morgan fingerprint density at radius 2 is 1.14 bits per heavy atom. The van der Waals surface area contributed by atoms with Crippen LogP contribution in [0.3, 0.4) is 0 Å². The molecule has 0 aliphatic carbocycles. The van der Waals surface area contributed by atoms with E-state index in [-0.39, 0.29) is 18.8 Å². The van der Waals surface area contributed by atoms with Gasteiger partial charge in [-0.15, -0.1) is 0 Å². The third-order valence-corrected chi connectivity index (χ3v) is 7.36. The summed E-state index contributed by atoms with van der Waals surface area (Å²) >= 11 is 0. The number of hydrogen-bond acceptors (Lipinski definition) is 14. The minimum atomic E-state index is -1.77. The number of carbonyl (C=O) groups is 2. The van der Waals surface area contributed by atoms with Crippen LogP contribution < -0.4 is 0 Å². The third-order valence-electron chi connectivity index (χ3n) is 7.36. The molecule has 14 heteroatoms. The minimum absolute atomic E-state index is 0.280. The molecule has 14 nitrogen and oxygen atoms in total. The number of aliphatic hydroxyl groups excluding tert-OH is 6. The van der Waals surface area contributed by atoms with E-state index in [1.807, 2.05) is 6.92 Å². The first-order chi connectivity index (χ1) is 19.8. The van der Waals surface area contributed by atoms with Crippen LogP contribution in [0.5, 0.6) is 0 Å². The Balaban J connectivity index is 2.04. The maximum Gasteiger partial charge on any atom is 0.302 e. The van der Waals surface area contributed by atoms with Gasteiger partial charge in [0, 0.05) is 13.8 Å². The van der Waals surface area contributed by atoms with E-state index >= 15 is 0 Å². The first-order valence-corrected chi connectivity index (χ1v) is 14.8. The third kappa shape index (κ3) is 11.9. The average molecular weight is 611 g/mol. The molecule has 2 aliphatic heterocycles. The second kappa shape index (κ2) is 18.4. The molecule has 0 bridgehead atoms. The second-order valence-corrected chi connectivity index (χ2v) is 11.2. The fourth-order valence-electron chi connectivity index (χ4n) is 4.89. The quantitative estimate of drug-likeness (QED) is 0.0919. The van der Waals surface area contributed by atoms with E-state index in [9.17, 15) is 40.2 Å². The lowest BCUT2D eigenvalue weighted by Crippen LogP contribution is -2.65. The Bertz CT molecular complexity index is 797. The van der Waals surface area contributed by atoms with Gasteiger partial charge in [-0.05, 0) is 26.7 Å². The van der Waals surface area contributed by atoms with Crippen LogP contribution in [0.2, 0.25) is 0 Å². The number of unbranched alkanes of at least 4 members (excludes halogenated alkanes) is 5. The lowest BCUT2D eigenvalue weighted by atomic mass is 9.97. The zero-order chi connectivity index (χ0) is 31.4. The molecule has 0 saturated carbocycles. The fourth-order valence-corrected chi connectivity index (χ4v) is 4.89. The summed E-state index contributed by atoms with van der Waals surface area (Å²) in [5.74, 6) is -1.26. The molecule has 0 aromatic carbocycles. The van der Waals surface area contributed by atoms with Crippen LogP contribution in [-0.4, -0.2) is 129 Å². The van der Waals surface area contributed by atoms with Crippen molar-refractivity contribution in [1.29, 1.82) is 0 Å². The Hall–Kier alpha value is -1.46. The van der Waals surface area contributed by atoms with E-state index in [4.69, 9.17) is 28.4 Å². The van der Waals surface area contributed by atoms with E-state index < -0.39 is 80.0 Å². The molecule has 2 rings (SSSR count). The number of hydrogen-bond donors (Lipinski definition) is 6. The molecule has 1 unspecified atom stereocenters. The average Bonchev–Trinajstić information content (AvgIpc) is 2.92. The molecule has 0 spiro atoms. The summed E-state index contributed by atoms with van der Waals surface area (Å²) in [6.45, 7) is 5.14. The molecule has 2 aliphatic rings. The van der Waals surface area contributed by atoms with E-state index in [0.717, 1.165) is 51.9 Å². The lowest BCUT2D eigenvalue weighted by Gasteiger charge is -2.46. The molecule has 0 aromatic rings. The lowest BCUT2D eigenvalue weighted by molar-refractivity contribution is -0.371. The van der Waals surface area contributed by atoms with Gasteiger partial charge in [-0.1, -0.05) is 38.5 Å². The second-order valence-electron chi connectivity index (χ2n) is 11.2. The summed E-state index contributed by atoms with van der Waals surface area (Å²) in [7, 11) is 0. The summed E-state index contributed by atoms with van der Waals surface area (Å²) in [6, 6.07) is 0. The molecule has 6 N–H and O–H groups in total.